The summed E-state index contributed by atoms with van der Waals surface area (Å²) in [4.78, 5) is 46.2. The summed E-state index contributed by atoms with van der Waals surface area (Å²) < 4.78 is 11.1. The van der Waals surface area contributed by atoms with Crippen molar-refractivity contribution < 1.29 is 23.9 Å². The van der Waals surface area contributed by atoms with E-state index in [0.29, 0.717) is 45.0 Å². The normalized spacial score (nSPS) is 23.5. The van der Waals surface area contributed by atoms with Gasteiger partial charge in [0.1, 0.15) is 18.2 Å². The molecule has 2 atom stereocenters. The number of amides is 3. The molecule has 0 radical (unpaired) electrons. The Morgan fingerprint density at radius 2 is 1.69 bits per heavy atom. The molecule has 3 aliphatic rings. The maximum Gasteiger partial charge on any atom is 0.411 e. The summed E-state index contributed by atoms with van der Waals surface area (Å²) in [5, 5.41) is 0. The molecule has 1 aromatic carbocycles. The van der Waals surface area contributed by atoms with Crippen LogP contribution in [0.3, 0.4) is 0 Å². The highest BCUT2D eigenvalue weighted by atomic mass is 32.2. The summed E-state index contributed by atoms with van der Waals surface area (Å²) in [6.07, 6.45) is -0.166. The SMILES string of the molecule is CC(C)(C)OC(=O)N1C[C@@H](N2CCN(C(=O)OCc3ccccc3)CC2)C[C@H]1C(=O)N1CCSC1. The summed E-state index contributed by atoms with van der Waals surface area (Å²) in [6.45, 7) is 9.39. The number of carbonyl (C=O) groups is 3. The minimum atomic E-state index is -0.627. The summed E-state index contributed by atoms with van der Waals surface area (Å²) in [7, 11) is 0. The van der Waals surface area contributed by atoms with Gasteiger partial charge in [0, 0.05) is 51.1 Å². The Kier molecular flexibility index (Phi) is 8.11. The van der Waals surface area contributed by atoms with Gasteiger partial charge in [-0.1, -0.05) is 30.3 Å². The van der Waals surface area contributed by atoms with Gasteiger partial charge < -0.3 is 19.3 Å². The van der Waals surface area contributed by atoms with Gasteiger partial charge >= 0.3 is 12.2 Å². The van der Waals surface area contributed by atoms with Crippen LogP contribution in [-0.2, 0) is 20.9 Å². The number of likely N-dealkylation sites (tertiary alicyclic amines) is 1. The lowest BCUT2D eigenvalue weighted by Gasteiger charge is -2.37. The van der Waals surface area contributed by atoms with Crippen LogP contribution in [0.2, 0.25) is 0 Å². The molecule has 192 valence electrons. The summed E-state index contributed by atoms with van der Waals surface area (Å²) in [5.41, 5.74) is 0.331. The molecule has 10 heteroatoms. The van der Waals surface area contributed by atoms with Crippen LogP contribution in [0.1, 0.15) is 32.8 Å². The van der Waals surface area contributed by atoms with E-state index in [0.717, 1.165) is 17.9 Å². The van der Waals surface area contributed by atoms with Gasteiger partial charge in [-0.3, -0.25) is 14.6 Å². The van der Waals surface area contributed by atoms with E-state index in [2.05, 4.69) is 4.90 Å². The van der Waals surface area contributed by atoms with E-state index in [1.807, 2.05) is 56.0 Å². The predicted molar refractivity (Wildman–Crippen MR) is 134 cm³/mol. The predicted octanol–water partition coefficient (Wildman–Crippen LogP) is 2.85. The third-order valence-corrected chi connectivity index (χ3v) is 7.52. The lowest BCUT2D eigenvalue weighted by atomic mass is 10.1. The number of hydrogen-bond acceptors (Lipinski definition) is 7. The van der Waals surface area contributed by atoms with Crippen molar-refractivity contribution in [3.05, 3.63) is 35.9 Å². The first-order valence-electron chi connectivity index (χ1n) is 12.3. The summed E-state index contributed by atoms with van der Waals surface area (Å²) in [5.74, 6) is 1.61. The van der Waals surface area contributed by atoms with Crippen molar-refractivity contribution in [2.75, 3.05) is 50.9 Å². The van der Waals surface area contributed by atoms with E-state index in [1.54, 1.807) is 21.6 Å². The molecule has 3 saturated heterocycles. The van der Waals surface area contributed by atoms with Gasteiger partial charge in [-0.05, 0) is 32.8 Å². The third-order valence-electron chi connectivity index (χ3n) is 6.55. The highest BCUT2D eigenvalue weighted by Gasteiger charge is 2.45. The Hall–Kier alpha value is -2.46. The molecule has 0 spiro atoms. The first-order valence-corrected chi connectivity index (χ1v) is 13.4. The van der Waals surface area contributed by atoms with E-state index < -0.39 is 17.7 Å². The molecule has 0 N–H and O–H groups in total. The van der Waals surface area contributed by atoms with Crippen molar-refractivity contribution >= 4 is 29.9 Å². The lowest BCUT2D eigenvalue weighted by molar-refractivity contribution is -0.134. The summed E-state index contributed by atoms with van der Waals surface area (Å²) in [6, 6.07) is 9.17. The Morgan fingerprint density at radius 3 is 2.31 bits per heavy atom. The topological polar surface area (TPSA) is 82.6 Å². The molecule has 0 saturated carbocycles. The van der Waals surface area contributed by atoms with Crippen LogP contribution < -0.4 is 0 Å². The number of benzene rings is 1. The molecule has 3 amide bonds. The molecule has 0 bridgehead atoms. The zero-order chi connectivity index (χ0) is 25.0. The highest BCUT2D eigenvalue weighted by molar-refractivity contribution is 7.99. The lowest BCUT2D eigenvalue weighted by Crippen LogP contribution is -2.52. The van der Waals surface area contributed by atoms with E-state index in [9.17, 15) is 14.4 Å². The number of carbonyl (C=O) groups excluding carboxylic acids is 3. The Bertz CT molecular complexity index is 895. The largest absolute Gasteiger partial charge is 0.445 e. The van der Waals surface area contributed by atoms with Gasteiger partial charge in [-0.2, -0.15) is 0 Å². The molecular weight excluding hydrogens is 468 g/mol. The molecule has 3 fully saturated rings. The second kappa shape index (κ2) is 11.1. The number of thioether (sulfide) groups is 1. The molecule has 0 unspecified atom stereocenters. The standard InChI is InChI=1S/C25H36N4O5S/c1-25(2,3)34-24(32)29-16-20(15-21(29)22(30)28-13-14-35-18-28)26-9-11-27(12-10-26)23(31)33-17-19-7-5-4-6-8-19/h4-8,20-21H,9-18H2,1-3H3/t20-,21-/m0/s1. The molecule has 3 aliphatic heterocycles. The van der Waals surface area contributed by atoms with Crippen molar-refractivity contribution in [2.24, 2.45) is 0 Å². The minimum Gasteiger partial charge on any atom is -0.445 e. The average molecular weight is 505 g/mol. The minimum absolute atomic E-state index is 0.00600. The smallest absolute Gasteiger partial charge is 0.411 e. The summed E-state index contributed by atoms with van der Waals surface area (Å²) >= 11 is 1.73. The number of rotatable bonds is 4. The zero-order valence-electron chi connectivity index (χ0n) is 20.9. The van der Waals surface area contributed by atoms with E-state index in [-0.39, 0.29) is 24.6 Å². The maximum absolute atomic E-state index is 13.3. The van der Waals surface area contributed by atoms with Crippen LogP contribution in [0.4, 0.5) is 9.59 Å². The van der Waals surface area contributed by atoms with Crippen LogP contribution in [0.5, 0.6) is 0 Å². The number of nitrogens with zero attached hydrogens (tertiary/aromatic N) is 4. The van der Waals surface area contributed by atoms with Gasteiger partial charge in [0.25, 0.3) is 0 Å². The Morgan fingerprint density at radius 1 is 0.971 bits per heavy atom. The van der Waals surface area contributed by atoms with Crippen LogP contribution >= 0.6 is 11.8 Å². The maximum atomic E-state index is 13.3. The van der Waals surface area contributed by atoms with E-state index in [1.165, 1.54) is 0 Å². The van der Waals surface area contributed by atoms with Crippen molar-refractivity contribution in [1.82, 2.24) is 19.6 Å². The third kappa shape index (κ3) is 6.61. The first-order chi connectivity index (χ1) is 16.7. The van der Waals surface area contributed by atoms with Gasteiger partial charge in [0.2, 0.25) is 5.91 Å². The second-order valence-electron chi connectivity index (χ2n) is 10.2. The fourth-order valence-corrected chi connectivity index (χ4v) is 5.67. The Balaban J connectivity index is 1.33. The second-order valence-corrected chi connectivity index (χ2v) is 11.3. The number of piperazine rings is 1. The van der Waals surface area contributed by atoms with Gasteiger partial charge in [-0.25, -0.2) is 9.59 Å². The van der Waals surface area contributed by atoms with Crippen molar-refractivity contribution in [2.45, 2.75) is 51.5 Å². The number of hydrogen-bond donors (Lipinski definition) is 0. The molecule has 1 aromatic rings. The highest BCUT2D eigenvalue weighted by Crippen LogP contribution is 2.28. The fraction of sp³-hybridized carbons (Fsp3) is 0.640. The molecule has 0 aromatic heterocycles. The molecular formula is C25H36N4O5S. The van der Waals surface area contributed by atoms with E-state index >= 15 is 0 Å². The number of ether oxygens (including phenoxy) is 2. The van der Waals surface area contributed by atoms with Gasteiger partial charge in [0.15, 0.2) is 0 Å². The monoisotopic (exact) mass is 504 g/mol. The van der Waals surface area contributed by atoms with Crippen LogP contribution in [0.15, 0.2) is 30.3 Å². The quantitative estimate of drug-likeness (QED) is 0.624. The average Bonchev–Trinajstić information content (AvgIpc) is 3.53. The zero-order valence-corrected chi connectivity index (χ0v) is 21.7. The molecule has 0 aliphatic carbocycles. The first kappa shape index (κ1) is 25.6. The van der Waals surface area contributed by atoms with Crippen LogP contribution in [0, 0.1) is 0 Å². The van der Waals surface area contributed by atoms with E-state index in [4.69, 9.17) is 9.47 Å². The fourth-order valence-electron chi connectivity index (χ4n) is 4.71. The molecule has 4 rings (SSSR count). The van der Waals surface area contributed by atoms with Crippen LogP contribution in [0.25, 0.3) is 0 Å². The molecule has 35 heavy (non-hydrogen) atoms. The van der Waals surface area contributed by atoms with Crippen LogP contribution in [-0.4, -0.2) is 106 Å². The van der Waals surface area contributed by atoms with Crippen molar-refractivity contribution in [3.63, 3.8) is 0 Å². The Labute approximate surface area is 211 Å². The van der Waals surface area contributed by atoms with Crippen molar-refractivity contribution in [3.8, 4) is 0 Å². The molecule has 9 nitrogen and oxygen atoms in total. The van der Waals surface area contributed by atoms with Gasteiger partial charge in [-0.15, -0.1) is 11.8 Å². The van der Waals surface area contributed by atoms with Crippen molar-refractivity contribution in [1.29, 1.82) is 0 Å². The molecule has 3 heterocycles. The van der Waals surface area contributed by atoms with Gasteiger partial charge in [0.05, 0.1) is 5.88 Å².